The first-order valence-electron chi connectivity index (χ1n) is 7.37. The fraction of sp³-hybridized carbons (Fsp3) is 0.733. The van der Waals surface area contributed by atoms with Crippen molar-refractivity contribution in [2.75, 3.05) is 6.54 Å². The van der Waals surface area contributed by atoms with Gasteiger partial charge in [0.25, 0.3) is 0 Å². The summed E-state index contributed by atoms with van der Waals surface area (Å²) in [5.74, 6) is 0.362. The van der Waals surface area contributed by atoms with Crippen LogP contribution in [0.2, 0.25) is 0 Å². The zero-order valence-corrected chi connectivity index (χ0v) is 11.9. The molecule has 106 valence electrons. The maximum Gasteiger partial charge on any atom is 0.140 e. The van der Waals surface area contributed by atoms with Crippen LogP contribution < -0.4 is 5.73 Å². The van der Waals surface area contributed by atoms with Crippen LogP contribution in [0, 0.1) is 5.41 Å². The molecule has 1 aromatic heterocycles. The normalized spacial score (nSPS) is 19.1. The molecule has 0 amide bonds. The number of aromatic nitrogens is 2. The van der Waals surface area contributed by atoms with E-state index in [0.717, 1.165) is 37.7 Å². The molecule has 4 nitrogen and oxygen atoms in total. The minimum Gasteiger partial charge on any atom is -0.329 e. The molecule has 19 heavy (non-hydrogen) atoms. The highest BCUT2D eigenvalue weighted by Gasteiger charge is 2.36. The van der Waals surface area contributed by atoms with Crippen LogP contribution >= 0.6 is 0 Å². The summed E-state index contributed by atoms with van der Waals surface area (Å²) in [4.78, 5) is 12.6. The SMILES string of the molecule is Cn1cc(CCC(=O)C2(CN)CCCCCC2)cn1. The molecule has 1 heterocycles. The highest BCUT2D eigenvalue weighted by atomic mass is 16.1. The fourth-order valence-electron chi connectivity index (χ4n) is 3.13. The summed E-state index contributed by atoms with van der Waals surface area (Å²) >= 11 is 0. The quantitative estimate of drug-likeness (QED) is 0.829. The molecular weight excluding hydrogens is 238 g/mol. The molecule has 0 saturated heterocycles. The fourth-order valence-corrected chi connectivity index (χ4v) is 3.13. The predicted octanol–water partition coefficient (Wildman–Crippen LogP) is 2.22. The monoisotopic (exact) mass is 263 g/mol. The van der Waals surface area contributed by atoms with Gasteiger partial charge in [-0.05, 0) is 24.8 Å². The Bertz CT molecular complexity index is 417. The van der Waals surface area contributed by atoms with Gasteiger partial charge in [0.15, 0.2) is 0 Å². The lowest BCUT2D eigenvalue weighted by atomic mass is 9.75. The van der Waals surface area contributed by atoms with Gasteiger partial charge in [-0.1, -0.05) is 25.7 Å². The zero-order chi connectivity index (χ0) is 13.7. The number of rotatable bonds is 5. The largest absolute Gasteiger partial charge is 0.329 e. The summed E-state index contributed by atoms with van der Waals surface area (Å²) in [5.41, 5.74) is 6.84. The van der Waals surface area contributed by atoms with E-state index in [1.54, 1.807) is 4.68 Å². The van der Waals surface area contributed by atoms with Crippen molar-refractivity contribution in [1.29, 1.82) is 0 Å². The summed E-state index contributed by atoms with van der Waals surface area (Å²) in [5, 5.41) is 4.14. The summed E-state index contributed by atoms with van der Waals surface area (Å²) < 4.78 is 1.78. The molecule has 2 N–H and O–H groups in total. The maximum atomic E-state index is 12.6. The second-order valence-electron chi connectivity index (χ2n) is 5.84. The van der Waals surface area contributed by atoms with Crippen LogP contribution in [0.15, 0.2) is 12.4 Å². The lowest BCUT2D eigenvalue weighted by Gasteiger charge is -2.29. The van der Waals surface area contributed by atoms with E-state index in [4.69, 9.17) is 5.73 Å². The minimum atomic E-state index is -0.237. The second-order valence-corrected chi connectivity index (χ2v) is 5.84. The number of nitrogens with two attached hydrogens (primary N) is 1. The van der Waals surface area contributed by atoms with Crippen LogP contribution in [0.4, 0.5) is 0 Å². The molecule has 0 aliphatic heterocycles. The van der Waals surface area contributed by atoms with Crippen LogP contribution in [-0.2, 0) is 18.3 Å². The van der Waals surface area contributed by atoms with E-state index < -0.39 is 0 Å². The van der Waals surface area contributed by atoms with Gasteiger partial charge in [0.1, 0.15) is 5.78 Å². The number of Topliss-reactive ketones (excluding diaryl/α,β-unsaturated/α-hetero) is 1. The molecule has 2 rings (SSSR count). The van der Waals surface area contributed by atoms with Crippen molar-refractivity contribution in [2.45, 2.75) is 51.4 Å². The second kappa shape index (κ2) is 6.33. The third-order valence-corrected chi connectivity index (χ3v) is 4.44. The van der Waals surface area contributed by atoms with Crippen LogP contribution in [0.1, 0.15) is 50.5 Å². The van der Waals surface area contributed by atoms with Crippen molar-refractivity contribution in [1.82, 2.24) is 9.78 Å². The number of hydrogen-bond donors (Lipinski definition) is 1. The van der Waals surface area contributed by atoms with Gasteiger partial charge >= 0.3 is 0 Å². The maximum absolute atomic E-state index is 12.6. The molecule has 0 bridgehead atoms. The van der Waals surface area contributed by atoms with Gasteiger partial charge in [0, 0.05) is 31.6 Å². The van der Waals surface area contributed by atoms with E-state index in [0.29, 0.717) is 18.7 Å². The third-order valence-electron chi connectivity index (χ3n) is 4.44. The molecule has 1 saturated carbocycles. The standard InChI is InChI=1S/C15H25N3O/c1-18-11-13(10-17-18)6-7-14(19)15(12-16)8-4-2-3-5-9-15/h10-11H,2-9,12,16H2,1H3. The number of carbonyl (C=O) groups is 1. The van der Waals surface area contributed by atoms with Crippen LogP contribution in [-0.4, -0.2) is 22.1 Å². The van der Waals surface area contributed by atoms with Crippen molar-refractivity contribution in [3.8, 4) is 0 Å². The molecule has 4 heteroatoms. The van der Waals surface area contributed by atoms with Crippen molar-refractivity contribution in [3.63, 3.8) is 0 Å². The summed E-state index contributed by atoms with van der Waals surface area (Å²) in [6, 6.07) is 0. The Morgan fingerprint density at radius 2 is 2.05 bits per heavy atom. The molecule has 0 radical (unpaired) electrons. The molecule has 0 unspecified atom stereocenters. The Morgan fingerprint density at radius 1 is 1.37 bits per heavy atom. The van der Waals surface area contributed by atoms with Gasteiger partial charge in [-0.25, -0.2) is 0 Å². The van der Waals surface area contributed by atoms with E-state index in [2.05, 4.69) is 5.10 Å². The average Bonchev–Trinajstić information content (AvgIpc) is 2.69. The summed E-state index contributed by atoms with van der Waals surface area (Å²) in [6.07, 6.45) is 12.0. The molecule has 0 spiro atoms. The van der Waals surface area contributed by atoms with Crippen LogP contribution in [0.5, 0.6) is 0 Å². The molecule has 1 aliphatic carbocycles. The van der Waals surface area contributed by atoms with Crippen molar-refractivity contribution >= 4 is 5.78 Å². The van der Waals surface area contributed by atoms with Crippen molar-refractivity contribution < 1.29 is 4.79 Å². The number of ketones is 1. The zero-order valence-electron chi connectivity index (χ0n) is 11.9. The Labute approximate surface area is 115 Å². The van der Waals surface area contributed by atoms with Gasteiger partial charge in [0.2, 0.25) is 0 Å². The Balaban J connectivity index is 1.96. The lowest BCUT2D eigenvalue weighted by Crippen LogP contribution is -2.38. The number of aryl methyl sites for hydroxylation is 2. The Kier molecular flexibility index (Phi) is 4.75. The minimum absolute atomic E-state index is 0.237. The molecule has 1 aromatic rings. The topological polar surface area (TPSA) is 60.9 Å². The average molecular weight is 263 g/mol. The molecule has 0 aromatic carbocycles. The van der Waals surface area contributed by atoms with Crippen LogP contribution in [0.3, 0.4) is 0 Å². The highest BCUT2D eigenvalue weighted by molar-refractivity contribution is 5.85. The van der Waals surface area contributed by atoms with E-state index in [1.807, 2.05) is 19.4 Å². The molecular formula is C15H25N3O. The smallest absolute Gasteiger partial charge is 0.140 e. The first-order valence-corrected chi connectivity index (χ1v) is 7.37. The van der Waals surface area contributed by atoms with Crippen molar-refractivity contribution in [2.24, 2.45) is 18.2 Å². The highest BCUT2D eigenvalue weighted by Crippen LogP contribution is 2.36. The number of hydrogen-bond acceptors (Lipinski definition) is 3. The van der Waals surface area contributed by atoms with E-state index >= 15 is 0 Å². The number of nitrogens with zero attached hydrogens (tertiary/aromatic N) is 2. The summed E-state index contributed by atoms with van der Waals surface area (Å²) in [6.45, 7) is 0.513. The van der Waals surface area contributed by atoms with E-state index in [1.165, 1.54) is 12.8 Å². The Morgan fingerprint density at radius 3 is 2.58 bits per heavy atom. The van der Waals surface area contributed by atoms with Gasteiger partial charge in [0.05, 0.1) is 6.20 Å². The van der Waals surface area contributed by atoms with E-state index in [9.17, 15) is 4.79 Å². The van der Waals surface area contributed by atoms with Crippen molar-refractivity contribution in [3.05, 3.63) is 18.0 Å². The summed E-state index contributed by atoms with van der Waals surface area (Å²) in [7, 11) is 1.90. The van der Waals surface area contributed by atoms with Crippen LogP contribution in [0.25, 0.3) is 0 Å². The molecule has 1 aliphatic rings. The van der Waals surface area contributed by atoms with Gasteiger partial charge in [-0.2, -0.15) is 5.10 Å². The van der Waals surface area contributed by atoms with Gasteiger partial charge < -0.3 is 5.73 Å². The lowest BCUT2D eigenvalue weighted by molar-refractivity contribution is -0.129. The number of carbonyl (C=O) groups excluding carboxylic acids is 1. The first kappa shape index (κ1) is 14.3. The molecule has 1 fully saturated rings. The van der Waals surface area contributed by atoms with Gasteiger partial charge in [-0.15, -0.1) is 0 Å². The molecule has 0 atom stereocenters. The predicted molar refractivity (Wildman–Crippen MR) is 75.7 cm³/mol. The first-order chi connectivity index (χ1) is 9.16. The Hall–Kier alpha value is -1.16. The van der Waals surface area contributed by atoms with E-state index in [-0.39, 0.29) is 5.41 Å². The third kappa shape index (κ3) is 3.44. The van der Waals surface area contributed by atoms with Gasteiger partial charge in [-0.3, -0.25) is 9.48 Å².